The van der Waals surface area contributed by atoms with Crippen molar-refractivity contribution in [3.05, 3.63) is 59.7 Å². The van der Waals surface area contributed by atoms with Crippen LogP contribution in [0.2, 0.25) is 0 Å². The molecule has 39 heavy (non-hydrogen) atoms. The zero-order valence-corrected chi connectivity index (χ0v) is 23.8. The third-order valence-electron chi connectivity index (χ3n) is 9.09. The highest BCUT2D eigenvalue weighted by atomic mass is 19.2. The van der Waals surface area contributed by atoms with Crippen LogP contribution in [-0.2, 0) is 9.47 Å². The number of hydrogen-bond donors (Lipinski definition) is 0. The van der Waals surface area contributed by atoms with Crippen molar-refractivity contribution in [3.8, 4) is 16.9 Å². The highest BCUT2D eigenvalue weighted by Crippen LogP contribution is 2.43. The maximum atomic E-state index is 14.6. The molecule has 0 spiro atoms. The summed E-state index contributed by atoms with van der Waals surface area (Å²) in [4.78, 5) is 0. The van der Waals surface area contributed by atoms with E-state index in [0.717, 1.165) is 30.6 Å². The molecule has 0 bridgehead atoms. The fraction of sp³-hybridized carbons (Fsp3) is 0.588. The van der Waals surface area contributed by atoms with Crippen LogP contribution >= 0.6 is 0 Å². The van der Waals surface area contributed by atoms with Crippen molar-refractivity contribution in [2.24, 2.45) is 29.1 Å². The van der Waals surface area contributed by atoms with E-state index in [1.165, 1.54) is 57.4 Å². The summed E-state index contributed by atoms with van der Waals surface area (Å²) in [7, 11) is 0. The first kappa shape index (κ1) is 28.3. The first-order valence-electron chi connectivity index (χ1n) is 15.0. The Hall–Kier alpha value is -2.24. The predicted molar refractivity (Wildman–Crippen MR) is 152 cm³/mol. The Balaban J connectivity index is 1.08. The SMILES string of the molecule is CCOc1ccc(-c2ccc(/C=C/C3CCC(C4CCC(C5OCC(C)(C)CO5)CC4)CC3)cc2)c(F)c1F. The number of halogens is 2. The van der Waals surface area contributed by atoms with Crippen molar-refractivity contribution in [3.63, 3.8) is 0 Å². The summed E-state index contributed by atoms with van der Waals surface area (Å²) < 4.78 is 46.2. The van der Waals surface area contributed by atoms with Gasteiger partial charge in [-0.2, -0.15) is 4.39 Å². The van der Waals surface area contributed by atoms with E-state index in [-0.39, 0.29) is 23.0 Å². The monoisotopic (exact) mass is 538 g/mol. The molecule has 5 heteroatoms. The second-order valence-electron chi connectivity index (χ2n) is 12.7. The summed E-state index contributed by atoms with van der Waals surface area (Å²) in [5.41, 5.74) is 2.14. The Kier molecular flexibility index (Phi) is 9.08. The fourth-order valence-electron chi connectivity index (χ4n) is 6.72. The van der Waals surface area contributed by atoms with Gasteiger partial charge in [-0.3, -0.25) is 0 Å². The maximum Gasteiger partial charge on any atom is 0.201 e. The molecule has 2 aliphatic carbocycles. The minimum Gasteiger partial charge on any atom is -0.491 e. The molecule has 3 aliphatic rings. The lowest BCUT2D eigenvalue weighted by Gasteiger charge is -2.42. The number of hydrogen-bond acceptors (Lipinski definition) is 3. The lowest BCUT2D eigenvalue weighted by Crippen LogP contribution is -2.42. The smallest absolute Gasteiger partial charge is 0.201 e. The highest BCUT2D eigenvalue weighted by molar-refractivity contribution is 5.67. The maximum absolute atomic E-state index is 14.6. The summed E-state index contributed by atoms with van der Waals surface area (Å²) in [5.74, 6) is 1.04. The summed E-state index contributed by atoms with van der Waals surface area (Å²) >= 11 is 0. The summed E-state index contributed by atoms with van der Waals surface area (Å²) in [6.45, 7) is 8.07. The molecule has 0 radical (unpaired) electrons. The van der Waals surface area contributed by atoms with Gasteiger partial charge in [-0.05, 0) is 99.3 Å². The van der Waals surface area contributed by atoms with Gasteiger partial charge in [0, 0.05) is 16.9 Å². The number of ether oxygens (including phenoxy) is 3. The Morgan fingerprint density at radius 2 is 1.38 bits per heavy atom. The van der Waals surface area contributed by atoms with Crippen molar-refractivity contribution in [2.45, 2.75) is 78.4 Å². The van der Waals surface area contributed by atoms with E-state index in [0.29, 0.717) is 24.0 Å². The van der Waals surface area contributed by atoms with Crippen LogP contribution in [0.3, 0.4) is 0 Å². The van der Waals surface area contributed by atoms with Crippen LogP contribution in [0.25, 0.3) is 17.2 Å². The molecule has 2 aromatic rings. The summed E-state index contributed by atoms with van der Waals surface area (Å²) in [5, 5.41) is 0. The minimum atomic E-state index is -0.932. The highest BCUT2D eigenvalue weighted by Gasteiger charge is 2.37. The van der Waals surface area contributed by atoms with Crippen LogP contribution in [0, 0.1) is 40.7 Å². The molecule has 5 rings (SSSR count). The molecule has 1 saturated heterocycles. The van der Waals surface area contributed by atoms with E-state index in [4.69, 9.17) is 14.2 Å². The van der Waals surface area contributed by atoms with Crippen molar-refractivity contribution in [2.75, 3.05) is 19.8 Å². The fourth-order valence-corrected chi connectivity index (χ4v) is 6.72. The minimum absolute atomic E-state index is 0.00930. The Morgan fingerprint density at radius 3 is 2.00 bits per heavy atom. The van der Waals surface area contributed by atoms with Crippen LogP contribution in [0.4, 0.5) is 8.78 Å². The van der Waals surface area contributed by atoms with Crippen LogP contribution in [-0.4, -0.2) is 26.1 Å². The average Bonchev–Trinajstić information content (AvgIpc) is 2.95. The largest absolute Gasteiger partial charge is 0.491 e. The van der Waals surface area contributed by atoms with Gasteiger partial charge in [-0.25, -0.2) is 4.39 Å². The van der Waals surface area contributed by atoms with Crippen molar-refractivity contribution < 1.29 is 23.0 Å². The third-order valence-corrected chi connectivity index (χ3v) is 9.09. The van der Waals surface area contributed by atoms with E-state index in [1.807, 2.05) is 24.3 Å². The molecule has 1 aliphatic heterocycles. The lowest BCUT2D eigenvalue weighted by molar-refractivity contribution is -0.247. The van der Waals surface area contributed by atoms with Gasteiger partial charge in [0.15, 0.2) is 17.9 Å². The Labute approximate surface area is 232 Å². The molecule has 0 unspecified atom stereocenters. The normalized spacial score (nSPS) is 28.0. The average molecular weight is 539 g/mol. The van der Waals surface area contributed by atoms with Gasteiger partial charge in [0.2, 0.25) is 5.82 Å². The predicted octanol–water partition coefficient (Wildman–Crippen LogP) is 9.06. The van der Waals surface area contributed by atoms with Crippen LogP contribution in [0.1, 0.15) is 77.7 Å². The molecular formula is C34H44F2O3. The molecule has 3 nitrogen and oxygen atoms in total. The van der Waals surface area contributed by atoms with Gasteiger partial charge in [0.1, 0.15) is 0 Å². The van der Waals surface area contributed by atoms with E-state index in [2.05, 4.69) is 26.0 Å². The molecule has 0 aromatic heterocycles. The molecule has 0 amide bonds. The van der Waals surface area contributed by atoms with Crippen molar-refractivity contribution in [1.82, 2.24) is 0 Å². The van der Waals surface area contributed by atoms with Crippen LogP contribution in [0.5, 0.6) is 5.75 Å². The first-order chi connectivity index (χ1) is 18.8. The summed E-state index contributed by atoms with van der Waals surface area (Å²) in [6, 6.07) is 10.7. The number of benzene rings is 2. The number of rotatable bonds is 7. The molecule has 0 atom stereocenters. The van der Waals surface area contributed by atoms with Crippen LogP contribution < -0.4 is 4.74 Å². The summed E-state index contributed by atoms with van der Waals surface area (Å²) in [6.07, 6.45) is 14.8. The van der Waals surface area contributed by atoms with Gasteiger partial charge in [0.25, 0.3) is 0 Å². The zero-order valence-electron chi connectivity index (χ0n) is 23.8. The van der Waals surface area contributed by atoms with E-state index >= 15 is 0 Å². The third kappa shape index (κ3) is 6.92. The molecule has 0 N–H and O–H groups in total. The standard InChI is InChI=1S/C34H44F2O3/c1-4-37-30-20-19-29(31(35)32(30)36)27-13-9-24(10-14-27)6-5-23-7-11-25(12-8-23)26-15-17-28(18-16-26)33-38-21-34(2,3)22-39-33/h5-6,9-10,13-14,19-20,23,25-26,28,33H,4,7-8,11-12,15-18,21-22H2,1-3H3/b6-5+. The van der Waals surface area contributed by atoms with E-state index in [1.54, 1.807) is 13.0 Å². The molecule has 2 saturated carbocycles. The topological polar surface area (TPSA) is 27.7 Å². The zero-order chi connectivity index (χ0) is 27.4. The molecule has 2 aromatic carbocycles. The van der Waals surface area contributed by atoms with Gasteiger partial charge >= 0.3 is 0 Å². The second-order valence-corrected chi connectivity index (χ2v) is 12.7. The Bertz CT molecular complexity index is 1100. The molecule has 212 valence electrons. The molecular weight excluding hydrogens is 494 g/mol. The molecule has 1 heterocycles. The van der Waals surface area contributed by atoms with Gasteiger partial charge in [-0.1, -0.05) is 50.3 Å². The van der Waals surface area contributed by atoms with Gasteiger partial charge < -0.3 is 14.2 Å². The van der Waals surface area contributed by atoms with E-state index < -0.39 is 11.6 Å². The van der Waals surface area contributed by atoms with Gasteiger partial charge in [0.05, 0.1) is 19.8 Å². The lowest BCUT2D eigenvalue weighted by atomic mass is 9.69. The van der Waals surface area contributed by atoms with E-state index in [9.17, 15) is 8.78 Å². The van der Waals surface area contributed by atoms with Gasteiger partial charge in [-0.15, -0.1) is 0 Å². The quantitative estimate of drug-likeness (QED) is 0.352. The van der Waals surface area contributed by atoms with Crippen LogP contribution in [0.15, 0.2) is 42.5 Å². The Morgan fingerprint density at radius 1 is 0.795 bits per heavy atom. The molecule has 3 fully saturated rings. The first-order valence-corrected chi connectivity index (χ1v) is 15.0. The van der Waals surface area contributed by atoms with Crippen molar-refractivity contribution >= 4 is 6.08 Å². The van der Waals surface area contributed by atoms with Crippen molar-refractivity contribution in [1.29, 1.82) is 0 Å². The number of allylic oxidation sites excluding steroid dienone is 1. The second kappa shape index (κ2) is 12.5.